The van der Waals surface area contributed by atoms with E-state index in [0.717, 1.165) is 22.7 Å². The maximum Gasteiger partial charge on any atom is 0.134 e. The van der Waals surface area contributed by atoms with Crippen molar-refractivity contribution in [3.8, 4) is 5.75 Å². The number of halogens is 1. The molecule has 2 aromatic carbocycles. The van der Waals surface area contributed by atoms with E-state index in [9.17, 15) is 0 Å². The zero-order valence-electron chi connectivity index (χ0n) is 8.95. The zero-order valence-corrected chi connectivity index (χ0v) is 10.5. The first-order valence-corrected chi connectivity index (χ1v) is 6.44. The zero-order chi connectivity index (χ0) is 11.0. The Hall–Kier alpha value is -1.02. The fraction of sp³-hybridized carbons (Fsp3) is 0.286. The van der Waals surface area contributed by atoms with E-state index in [1.54, 1.807) is 0 Å². The van der Waals surface area contributed by atoms with Crippen molar-refractivity contribution < 1.29 is 4.74 Å². The third kappa shape index (κ3) is 1.94. The Morgan fingerprint density at radius 1 is 1.12 bits per heavy atom. The van der Waals surface area contributed by atoms with Crippen LogP contribution in [0.4, 0.5) is 0 Å². The van der Waals surface area contributed by atoms with Crippen molar-refractivity contribution in [3.63, 3.8) is 0 Å². The predicted octanol–water partition coefficient (Wildman–Crippen LogP) is 4.39. The minimum absolute atomic E-state index is 0.790. The molecule has 0 N–H and O–H groups in total. The molecule has 1 nitrogen and oxygen atoms in total. The molecule has 1 fully saturated rings. The van der Waals surface area contributed by atoms with Gasteiger partial charge in [-0.2, -0.15) is 0 Å². The summed E-state index contributed by atoms with van der Waals surface area (Å²) in [6.07, 6.45) is 2.65. The Bertz CT molecular complexity index is 517. The largest absolute Gasteiger partial charge is 0.492 e. The van der Waals surface area contributed by atoms with Crippen molar-refractivity contribution in [2.75, 3.05) is 6.61 Å². The van der Waals surface area contributed by atoms with Crippen LogP contribution in [0.1, 0.15) is 12.8 Å². The quantitative estimate of drug-likeness (QED) is 0.808. The van der Waals surface area contributed by atoms with Crippen LogP contribution in [-0.4, -0.2) is 6.61 Å². The summed E-state index contributed by atoms with van der Waals surface area (Å²) in [4.78, 5) is 0. The molecule has 2 heteroatoms. The van der Waals surface area contributed by atoms with E-state index < -0.39 is 0 Å². The minimum Gasteiger partial charge on any atom is -0.492 e. The molecule has 0 aromatic heterocycles. The Kier molecular flexibility index (Phi) is 2.60. The van der Waals surface area contributed by atoms with Crippen molar-refractivity contribution in [1.29, 1.82) is 0 Å². The molecule has 0 spiro atoms. The Morgan fingerprint density at radius 2 is 1.94 bits per heavy atom. The minimum atomic E-state index is 0.790. The van der Waals surface area contributed by atoms with Gasteiger partial charge in [0.15, 0.2) is 0 Å². The summed E-state index contributed by atoms with van der Waals surface area (Å²) in [5.41, 5.74) is 0. The topological polar surface area (TPSA) is 9.23 Å². The Morgan fingerprint density at radius 3 is 2.75 bits per heavy atom. The monoisotopic (exact) mass is 276 g/mol. The molecule has 3 rings (SSSR count). The lowest BCUT2D eigenvalue weighted by molar-refractivity contribution is 0.298. The summed E-state index contributed by atoms with van der Waals surface area (Å²) < 4.78 is 6.90. The lowest BCUT2D eigenvalue weighted by atomic mass is 10.1. The van der Waals surface area contributed by atoms with Gasteiger partial charge < -0.3 is 4.74 Å². The van der Waals surface area contributed by atoms with Crippen molar-refractivity contribution in [2.24, 2.45) is 5.92 Å². The number of benzene rings is 2. The van der Waals surface area contributed by atoms with Crippen LogP contribution in [0.5, 0.6) is 5.75 Å². The molecule has 1 aliphatic carbocycles. The van der Waals surface area contributed by atoms with Crippen LogP contribution in [0.25, 0.3) is 10.8 Å². The molecular weight excluding hydrogens is 264 g/mol. The molecular formula is C14H13BrO. The highest BCUT2D eigenvalue weighted by molar-refractivity contribution is 9.10. The van der Waals surface area contributed by atoms with Crippen molar-refractivity contribution in [2.45, 2.75) is 12.8 Å². The van der Waals surface area contributed by atoms with Crippen LogP contribution in [0.15, 0.2) is 40.9 Å². The standard InChI is InChI=1S/C14H13BrO/c15-14-12-4-2-1-3-11(12)7-8-13(14)16-9-10-5-6-10/h1-4,7-8,10H,5-6,9H2. The predicted molar refractivity (Wildman–Crippen MR) is 69.9 cm³/mol. The molecule has 1 saturated carbocycles. The van der Waals surface area contributed by atoms with Crippen LogP contribution in [0.2, 0.25) is 0 Å². The molecule has 0 heterocycles. The van der Waals surface area contributed by atoms with Gasteiger partial charge in [0, 0.05) is 0 Å². The van der Waals surface area contributed by atoms with Crippen molar-refractivity contribution >= 4 is 26.7 Å². The number of ether oxygens (including phenoxy) is 1. The summed E-state index contributed by atoms with van der Waals surface area (Å²) >= 11 is 3.63. The second-order valence-corrected chi connectivity index (χ2v) is 5.15. The summed E-state index contributed by atoms with van der Waals surface area (Å²) in [7, 11) is 0. The lowest BCUT2D eigenvalue weighted by Crippen LogP contribution is -1.99. The molecule has 0 unspecified atom stereocenters. The molecule has 0 amide bonds. The first kappa shape index (κ1) is 10.2. The molecule has 0 aliphatic heterocycles. The van der Waals surface area contributed by atoms with E-state index in [-0.39, 0.29) is 0 Å². The van der Waals surface area contributed by atoms with E-state index in [2.05, 4.69) is 52.3 Å². The van der Waals surface area contributed by atoms with Gasteiger partial charge in [-0.05, 0) is 51.5 Å². The first-order chi connectivity index (χ1) is 7.84. The van der Waals surface area contributed by atoms with Gasteiger partial charge in [-0.3, -0.25) is 0 Å². The molecule has 16 heavy (non-hydrogen) atoms. The second-order valence-electron chi connectivity index (χ2n) is 4.35. The molecule has 0 radical (unpaired) electrons. The van der Waals surface area contributed by atoms with Crippen LogP contribution in [0.3, 0.4) is 0 Å². The Labute approximate surface area is 104 Å². The SMILES string of the molecule is Brc1c(OCC2CC2)ccc2ccccc12. The van der Waals surface area contributed by atoms with Crippen molar-refractivity contribution in [3.05, 3.63) is 40.9 Å². The summed E-state index contributed by atoms with van der Waals surface area (Å²) in [6, 6.07) is 12.5. The van der Waals surface area contributed by atoms with E-state index in [0.29, 0.717) is 0 Å². The van der Waals surface area contributed by atoms with Gasteiger partial charge in [-0.25, -0.2) is 0 Å². The van der Waals surface area contributed by atoms with Gasteiger partial charge in [0.05, 0.1) is 11.1 Å². The summed E-state index contributed by atoms with van der Waals surface area (Å²) in [5.74, 6) is 1.75. The average Bonchev–Trinajstić information content (AvgIpc) is 3.13. The molecule has 0 bridgehead atoms. The van der Waals surface area contributed by atoms with Crippen LogP contribution in [0, 0.1) is 5.92 Å². The third-order valence-corrected chi connectivity index (χ3v) is 3.82. The van der Waals surface area contributed by atoms with Crippen LogP contribution in [-0.2, 0) is 0 Å². The van der Waals surface area contributed by atoms with Gasteiger partial charge in [0.1, 0.15) is 5.75 Å². The maximum atomic E-state index is 5.82. The molecule has 82 valence electrons. The average molecular weight is 277 g/mol. The van der Waals surface area contributed by atoms with Gasteiger partial charge >= 0.3 is 0 Å². The highest BCUT2D eigenvalue weighted by Gasteiger charge is 2.22. The second kappa shape index (κ2) is 4.10. The fourth-order valence-electron chi connectivity index (χ4n) is 1.82. The molecule has 0 saturated heterocycles. The number of rotatable bonds is 3. The number of fused-ring (bicyclic) bond motifs is 1. The van der Waals surface area contributed by atoms with Gasteiger partial charge in [0.2, 0.25) is 0 Å². The normalized spacial score (nSPS) is 15.3. The smallest absolute Gasteiger partial charge is 0.134 e. The van der Waals surface area contributed by atoms with Gasteiger partial charge in [-0.15, -0.1) is 0 Å². The maximum absolute atomic E-state index is 5.82. The lowest BCUT2D eigenvalue weighted by Gasteiger charge is -2.09. The first-order valence-electron chi connectivity index (χ1n) is 5.64. The van der Waals surface area contributed by atoms with Gasteiger partial charge in [-0.1, -0.05) is 30.3 Å². The molecule has 1 aliphatic rings. The fourth-order valence-corrected chi connectivity index (χ4v) is 2.42. The third-order valence-electron chi connectivity index (χ3n) is 3.00. The highest BCUT2D eigenvalue weighted by Crippen LogP contribution is 2.35. The van der Waals surface area contributed by atoms with E-state index in [4.69, 9.17) is 4.74 Å². The van der Waals surface area contributed by atoms with E-state index in [1.807, 2.05) is 0 Å². The molecule has 0 atom stereocenters. The molecule has 2 aromatic rings. The number of hydrogen-bond donors (Lipinski definition) is 0. The summed E-state index contributed by atoms with van der Waals surface area (Å²) in [6.45, 7) is 0.858. The van der Waals surface area contributed by atoms with Crippen molar-refractivity contribution in [1.82, 2.24) is 0 Å². The van der Waals surface area contributed by atoms with E-state index >= 15 is 0 Å². The Balaban J connectivity index is 1.94. The highest BCUT2D eigenvalue weighted by atomic mass is 79.9. The van der Waals surface area contributed by atoms with Crippen LogP contribution >= 0.6 is 15.9 Å². The van der Waals surface area contributed by atoms with Crippen LogP contribution < -0.4 is 4.74 Å². The number of hydrogen-bond acceptors (Lipinski definition) is 1. The summed E-state index contributed by atoms with van der Waals surface area (Å²) in [5, 5.41) is 2.46. The van der Waals surface area contributed by atoms with Gasteiger partial charge in [0.25, 0.3) is 0 Å². The van der Waals surface area contributed by atoms with E-state index in [1.165, 1.54) is 23.6 Å².